The predicted octanol–water partition coefficient (Wildman–Crippen LogP) is 4.09. The Hall–Kier alpha value is -0.800. The van der Waals surface area contributed by atoms with Crippen molar-refractivity contribution in [1.82, 2.24) is 4.98 Å². The van der Waals surface area contributed by atoms with Crippen molar-refractivity contribution in [2.45, 2.75) is 37.5 Å². The van der Waals surface area contributed by atoms with E-state index in [0.29, 0.717) is 0 Å². The molecule has 1 aliphatic rings. The van der Waals surface area contributed by atoms with Gasteiger partial charge in [0.15, 0.2) is 0 Å². The zero-order valence-corrected chi connectivity index (χ0v) is 12.1. The normalized spacial score (nSPS) is 19.2. The fourth-order valence-electron chi connectivity index (χ4n) is 3.26. The highest BCUT2D eigenvalue weighted by Gasteiger charge is 2.32. The van der Waals surface area contributed by atoms with E-state index in [1.54, 1.807) is 0 Å². The third-order valence-corrected chi connectivity index (χ3v) is 5.10. The van der Waals surface area contributed by atoms with Gasteiger partial charge in [0.2, 0.25) is 0 Å². The van der Waals surface area contributed by atoms with Crippen molar-refractivity contribution in [3.05, 3.63) is 34.4 Å². The Morgan fingerprint density at radius 1 is 1.22 bits per heavy atom. The van der Waals surface area contributed by atoms with Crippen LogP contribution in [0, 0.1) is 0 Å². The molecule has 3 N–H and O–H groups in total. The molecule has 3 heteroatoms. The highest BCUT2D eigenvalue weighted by Crippen LogP contribution is 2.40. The molecule has 0 aliphatic heterocycles. The number of H-pyrrole nitrogens is 1. The monoisotopic (exact) mass is 306 g/mol. The van der Waals surface area contributed by atoms with Crippen LogP contribution in [0.3, 0.4) is 0 Å². The lowest BCUT2D eigenvalue weighted by Gasteiger charge is -2.36. The lowest BCUT2D eigenvalue weighted by molar-refractivity contribution is 0.301. The molecule has 0 amide bonds. The van der Waals surface area contributed by atoms with Crippen molar-refractivity contribution in [2.24, 2.45) is 5.73 Å². The van der Waals surface area contributed by atoms with Crippen LogP contribution in [0.1, 0.15) is 37.7 Å². The molecule has 2 nitrogen and oxygen atoms in total. The van der Waals surface area contributed by atoms with Gasteiger partial charge < -0.3 is 10.7 Å². The zero-order chi connectivity index (χ0) is 12.6. The molecule has 1 aliphatic carbocycles. The van der Waals surface area contributed by atoms with Gasteiger partial charge in [-0.1, -0.05) is 31.4 Å². The van der Waals surface area contributed by atoms with Crippen LogP contribution < -0.4 is 5.73 Å². The van der Waals surface area contributed by atoms with Gasteiger partial charge in [-0.2, -0.15) is 0 Å². The average Bonchev–Trinajstić information content (AvgIpc) is 2.81. The molecule has 1 aromatic carbocycles. The van der Waals surface area contributed by atoms with Crippen LogP contribution in [0.5, 0.6) is 0 Å². The van der Waals surface area contributed by atoms with E-state index in [9.17, 15) is 0 Å². The molecule has 18 heavy (non-hydrogen) atoms. The Bertz CT molecular complexity index is 553. The first-order valence-corrected chi connectivity index (χ1v) is 7.52. The fourth-order valence-corrected chi connectivity index (χ4v) is 3.72. The second-order valence-electron chi connectivity index (χ2n) is 5.44. The van der Waals surface area contributed by atoms with E-state index in [0.717, 1.165) is 11.0 Å². The summed E-state index contributed by atoms with van der Waals surface area (Å²) >= 11 is 3.56. The Labute approximate surface area is 116 Å². The van der Waals surface area contributed by atoms with E-state index in [-0.39, 0.29) is 5.41 Å². The first kappa shape index (κ1) is 12.2. The van der Waals surface area contributed by atoms with Crippen LogP contribution in [0.2, 0.25) is 0 Å². The van der Waals surface area contributed by atoms with Gasteiger partial charge in [-0.15, -0.1) is 0 Å². The summed E-state index contributed by atoms with van der Waals surface area (Å²) in [7, 11) is 0. The summed E-state index contributed by atoms with van der Waals surface area (Å²) in [6.45, 7) is 0.764. The molecule has 0 spiro atoms. The maximum atomic E-state index is 6.10. The maximum absolute atomic E-state index is 6.10. The minimum atomic E-state index is 0.212. The molecule has 0 bridgehead atoms. The largest absolute Gasteiger partial charge is 0.360 e. The highest BCUT2D eigenvalue weighted by molar-refractivity contribution is 9.10. The quantitative estimate of drug-likeness (QED) is 0.862. The van der Waals surface area contributed by atoms with E-state index < -0.39 is 0 Å². The minimum absolute atomic E-state index is 0.212. The smallest absolute Gasteiger partial charge is 0.0468 e. The van der Waals surface area contributed by atoms with Gasteiger partial charge in [0.05, 0.1) is 0 Å². The third-order valence-electron chi connectivity index (χ3n) is 4.45. The number of aromatic amines is 1. The van der Waals surface area contributed by atoms with E-state index in [4.69, 9.17) is 5.73 Å². The van der Waals surface area contributed by atoms with Gasteiger partial charge in [0.25, 0.3) is 0 Å². The van der Waals surface area contributed by atoms with Crippen molar-refractivity contribution in [1.29, 1.82) is 0 Å². The SMILES string of the molecule is NCC1(c2ccc3c(Br)c[nH]c3c2)CCCCC1. The van der Waals surface area contributed by atoms with Crippen molar-refractivity contribution >= 4 is 26.8 Å². The zero-order valence-electron chi connectivity index (χ0n) is 10.5. The number of nitrogens with one attached hydrogen (secondary N) is 1. The number of hydrogen-bond acceptors (Lipinski definition) is 1. The Morgan fingerprint density at radius 3 is 2.72 bits per heavy atom. The van der Waals surface area contributed by atoms with Crippen molar-refractivity contribution in [2.75, 3.05) is 6.54 Å². The van der Waals surface area contributed by atoms with Crippen LogP contribution in [0.25, 0.3) is 10.9 Å². The summed E-state index contributed by atoms with van der Waals surface area (Å²) < 4.78 is 1.13. The highest BCUT2D eigenvalue weighted by atomic mass is 79.9. The van der Waals surface area contributed by atoms with E-state index >= 15 is 0 Å². The lowest BCUT2D eigenvalue weighted by Crippen LogP contribution is -2.37. The molecule has 1 saturated carbocycles. The summed E-state index contributed by atoms with van der Waals surface area (Å²) in [5, 5.41) is 1.25. The third kappa shape index (κ3) is 1.90. The summed E-state index contributed by atoms with van der Waals surface area (Å²) in [6.07, 6.45) is 8.45. The van der Waals surface area contributed by atoms with Gasteiger partial charge in [-0.05, 0) is 40.4 Å². The molecule has 2 aromatic rings. The summed E-state index contributed by atoms with van der Waals surface area (Å²) in [6, 6.07) is 6.76. The molecule has 1 fully saturated rings. The van der Waals surface area contributed by atoms with Crippen LogP contribution in [-0.2, 0) is 5.41 Å². The number of fused-ring (bicyclic) bond motifs is 1. The molecular formula is C15H19BrN2. The molecule has 0 unspecified atom stereocenters. The lowest BCUT2D eigenvalue weighted by atomic mass is 9.69. The van der Waals surface area contributed by atoms with Gasteiger partial charge in [-0.25, -0.2) is 0 Å². The standard InChI is InChI=1S/C15H19BrN2/c16-13-9-18-14-8-11(4-5-12(13)14)15(10-17)6-2-1-3-7-15/h4-5,8-9,18H,1-3,6-7,10,17H2. The average molecular weight is 307 g/mol. The van der Waals surface area contributed by atoms with Crippen LogP contribution in [-0.4, -0.2) is 11.5 Å². The summed E-state index contributed by atoms with van der Waals surface area (Å²) in [4.78, 5) is 3.32. The summed E-state index contributed by atoms with van der Waals surface area (Å²) in [5.74, 6) is 0. The van der Waals surface area contributed by atoms with Crippen molar-refractivity contribution < 1.29 is 0 Å². The maximum Gasteiger partial charge on any atom is 0.0468 e. The number of hydrogen-bond donors (Lipinski definition) is 2. The van der Waals surface area contributed by atoms with Crippen LogP contribution >= 0.6 is 15.9 Å². The number of aromatic nitrogens is 1. The van der Waals surface area contributed by atoms with Crippen LogP contribution in [0.15, 0.2) is 28.9 Å². The first-order valence-electron chi connectivity index (χ1n) is 6.72. The van der Waals surface area contributed by atoms with E-state index in [2.05, 4.69) is 39.1 Å². The molecular weight excluding hydrogens is 288 g/mol. The van der Waals surface area contributed by atoms with Gasteiger partial charge in [0, 0.05) is 33.5 Å². The number of nitrogens with two attached hydrogens (primary N) is 1. The molecule has 1 heterocycles. The van der Waals surface area contributed by atoms with Crippen molar-refractivity contribution in [3.63, 3.8) is 0 Å². The fraction of sp³-hybridized carbons (Fsp3) is 0.467. The van der Waals surface area contributed by atoms with Gasteiger partial charge >= 0.3 is 0 Å². The second kappa shape index (κ2) is 4.71. The predicted molar refractivity (Wildman–Crippen MR) is 79.8 cm³/mol. The van der Waals surface area contributed by atoms with Gasteiger partial charge in [0.1, 0.15) is 0 Å². The van der Waals surface area contributed by atoms with Crippen molar-refractivity contribution in [3.8, 4) is 0 Å². The first-order chi connectivity index (χ1) is 8.75. The summed E-state index contributed by atoms with van der Waals surface area (Å²) in [5.41, 5.74) is 8.93. The molecule has 0 atom stereocenters. The van der Waals surface area contributed by atoms with E-state index in [1.807, 2.05) is 6.20 Å². The van der Waals surface area contributed by atoms with Gasteiger partial charge in [-0.3, -0.25) is 0 Å². The minimum Gasteiger partial charge on any atom is -0.360 e. The number of benzene rings is 1. The Morgan fingerprint density at radius 2 is 2.00 bits per heavy atom. The molecule has 0 radical (unpaired) electrons. The van der Waals surface area contributed by atoms with Crippen LogP contribution in [0.4, 0.5) is 0 Å². The molecule has 0 saturated heterocycles. The molecule has 3 rings (SSSR count). The Kier molecular flexibility index (Phi) is 3.20. The second-order valence-corrected chi connectivity index (χ2v) is 6.30. The molecule has 96 valence electrons. The molecule has 1 aromatic heterocycles. The number of rotatable bonds is 2. The topological polar surface area (TPSA) is 41.8 Å². The number of halogens is 1. The van der Waals surface area contributed by atoms with E-state index in [1.165, 1.54) is 48.6 Å². The Balaban J connectivity index is 2.06.